The van der Waals surface area contributed by atoms with E-state index in [1.807, 2.05) is 0 Å². The van der Waals surface area contributed by atoms with Gasteiger partial charge in [-0.25, -0.2) is 0 Å². The van der Waals surface area contributed by atoms with Crippen molar-refractivity contribution in [3.63, 3.8) is 0 Å². The average Bonchev–Trinajstić information content (AvgIpc) is 2.75. The molecule has 2 heterocycles. The summed E-state index contributed by atoms with van der Waals surface area (Å²) < 4.78 is 7.31. The van der Waals surface area contributed by atoms with Gasteiger partial charge in [0.1, 0.15) is 17.5 Å². The van der Waals surface area contributed by atoms with Crippen LogP contribution in [0.5, 0.6) is 5.75 Å². The molecule has 4 rings (SSSR count). The third kappa shape index (κ3) is 3.56. The number of pyridine rings is 1. The Balaban J connectivity index is 1.83. The molecule has 0 unspecified atom stereocenters. The Morgan fingerprint density at radius 3 is 2.58 bits per heavy atom. The largest absolute Gasteiger partial charge is 0.485 e. The van der Waals surface area contributed by atoms with Crippen LogP contribution in [0, 0.1) is 21.4 Å². The van der Waals surface area contributed by atoms with Gasteiger partial charge in [-0.15, -0.1) is 0 Å². The Kier molecular flexibility index (Phi) is 4.84. The zero-order valence-electron chi connectivity index (χ0n) is 16.9. The molecule has 1 aliphatic rings. The third-order valence-electron chi connectivity index (χ3n) is 5.48. The maximum absolute atomic E-state index is 13.1. The van der Waals surface area contributed by atoms with Gasteiger partial charge in [0.05, 0.1) is 22.6 Å². The molecule has 0 amide bonds. The van der Waals surface area contributed by atoms with E-state index < -0.39 is 22.7 Å². The standard InChI is InChI=1S/C23H19N3O5/c1-23(2)22(28)21(18-10-14(13-24)6-7-19(18)31-23)25-9-8-16(12-20(25)27)15-4-3-5-17(11-15)26(29)30/h3-12,21-22,28H,1-2H3/t21-,22+/m1/s1. The van der Waals surface area contributed by atoms with Crippen molar-refractivity contribution in [2.45, 2.75) is 31.6 Å². The van der Waals surface area contributed by atoms with E-state index in [0.29, 0.717) is 28.0 Å². The van der Waals surface area contributed by atoms with Gasteiger partial charge in [-0.3, -0.25) is 14.9 Å². The highest BCUT2D eigenvalue weighted by Crippen LogP contribution is 2.41. The zero-order chi connectivity index (χ0) is 22.3. The number of aromatic nitrogens is 1. The van der Waals surface area contributed by atoms with Crippen molar-refractivity contribution < 1.29 is 14.8 Å². The van der Waals surface area contributed by atoms with E-state index in [4.69, 9.17) is 4.74 Å². The Morgan fingerprint density at radius 1 is 1.16 bits per heavy atom. The molecule has 1 aliphatic heterocycles. The molecular weight excluding hydrogens is 398 g/mol. The van der Waals surface area contributed by atoms with E-state index in [-0.39, 0.29) is 11.2 Å². The molecule has 8 heteroatoms. The summed E-state index contributed by atoms with van der Waals surface area (Å²) in [5.41, 5.74) is 0.566. The van der Waals surface area contributed by atoms with E-state index in [2.05, 4.69) is 6.07 Å². The molecule has 0 saturated carbocycles. The van der Waals surface area contributed by atoms with Crippen molar-refractivity contribution in [3.8, 4) is 22.9 Å². The second kappa shape index (κ2) is 7.38. The van der Waals surface area contributed by atoms with E-state index >= 15 is 0 Å². The minimum Gasteiger partial charge on any atom is -0.485 e. The lowest BCUT2D eigenvalue weighted by molar-refractivity contribution is -0.384. The number of hydrogen-bond acceptors (Lipinski definition) is 6. The SMILES string of the molecule is CC1(C)Oc2ccc(C#N)cc2[C@@H](n2ccc(-c3cccc([N+](=O)[O-])c3)cc2=O)[C@@H]1O. The van der Waals surface area contributed by atoms with Crippen LogP contribution in [0.15, 0.2) is 65.6 Å². The number of fused-ring (bicyclic) bond motifs is 1. The second-order valence-corrected chi connectivity index (χ2v) is 7.93. The van der Waals surface area contributed by atoms with Crippen LogP contribution >= 0.6 is 0 Å². The molecule has 0 bridgehead atoms. The summed E-state index contributed by atoms with van der Waals surface area (Å²) in [6.45, 7) is 3.46. The van der Waals surface area contributed by atoms with Crippen molar-refractivity contribution in [2.24, 2.45) is 0 Å². The average molecular weight is 417 g/mol. The summed E-state index contributed by atoms with van der Waals surface area (Å²) in [5, 5.41) is 31.4. The molecule has 156 valence electrons. The topological polar surface area (TPSA) is 118 Å². The Morgan fingerprint density at radius 2 is 1.90 bits per heavy atom. The minimum absolute atomic E-state index is 0.0683. The van der Waals surface area contributed by atoms with Crippen LogP contribution in [0.4, 0.5) is 5.69 Å². The van der Waals surface area contributed by atoms with Crippen molar-refractivity contribution in [1.29, 1.82) is 5.26 Å². The fourth-order valence-electron chi connectivity index (χ4n) is 3.84. The third-order valence-corrected chi connectivity index (χ3v) is 5.48. The second-order valence-electron chi connectivity index (χ2n) is 7.93. The fraction of sp³-hybridized carbons (Fsp3) is 0.217. The molecule has 31 heavy (non-hydrogen) atoms. The summed E-state index contributed by atoms with van der Waals surface area (Å²) >= 11 is 0. The number of aliphatic hydroxyl groups is 1. The number of benzene rings is 2. The van der Waals surface area contributed by atoms with Gasteiger partial charge in [0, 0.05) is 30.0 Å². The Bertz CT molecular complexity index is 1290. The van der Waals surface area contributed by atoms with Gasteiger partial charge in [-0.05, 0) is 49.2 Å². The molecule has 8 nitrogen and oxygen atoms in total. The molecule has 1 N–H and O–H groups in total. The molecule has 3 aromatic rings. The Hall–Kier alpha value is -3.96. The van der Waals surface area contributed by atoms with Gasteiger partial charge in [0.15, 0.2) is 0 Å². The van der Waals surface area contributed by atoms with E-state index in [1.54, 1.807) is 56.4 Å². The van der Waals surface area contributed by atoms with Gasteiger partial charge in [0.25, 0.3) is 11.2 Å². The first-order valence-corrected chi connectivity index (χ1v) is 9.59. The van der Waals surface area contributed by atoms with Crippen LogP contribution in [0.3, 0.4) is 0 Å². The molecule has 1 aromatic heterocycles. The fourth-order valence-corrected chi connectivity index (χ4v) is 3.84. The van der Waals surface area contributed by atoms with Crippen molar-refractivity contribution in [3.05, 3.63) is 92.4 Å². The van der Waals surface area contributed by atoms with Crippen molar-refractivity contribution in [2.75, 3.05) is 0 Å². The quantitative estimate of drug-likeness (QED) is 0.515. The highest BCUT2D eigenvalue weighted by atomic mass is 16.6. The minimum atomic E-state index is -1.06. The van der Waals surface area contributed by atoms with Crippen LogP contribution in [-0.4, -0.2) is 26.3 Å². The number of rotatable bonds is 3. The predicted molar refractivity (Wildman–Crippen MR) is 113 cm³/mol. The number of nitro benzene ring substituents is 1. The lowest BCUT2D eigenvalue weighted by Crippen LogP contribution is -2.52. The van der Waals surface area contributed by atoms with Gasteiger partial charge in [-0.2, -0.15) is 5.26 Å². The van der Waals surface area contributed by atoms with Crippen LogP contribution in [0.1, 0.15) is 31.0 Å². The van der Waals surface area contributed by atoms with Crippen LogP contribution in [-0.2, 0) is 0 Å². The lowest BCUT2D eigenvalue weighted by atomic mass is 9.85. The molecule has 0 fully saturated rings. The number of non-ortho nitro benzene ring substituents is 1. The maximum Gasteiger partial charge on any atom is 0.270 e. The summed E-state index contributed by atoms with van der Waals surface area (Å²) in [6, 6.07) is 15.3. The highest BCUT2D eigenvalue weighted by Gasteiger charge is 2.44. The van der Waals surface area contributed by atoms with Crippen LogP contribution < -0.4 is 10.3 Å². The van der Waals surface area contributed by atoms with Gasteiger partial charge in [0.2, 0.25) is 0 Å². The first kappa shape index (κ1) is 20.3. The molecule has 0 aliphatic carbocycles. The van der Waals surface area contributed by atoms with E-state index in [0.717, 1.165) is 0 Å². The van der Waals surface area contributed by atoms with Gasteiger partial charge in [-0.1, -0.05) is 12.1 Å². The summed E-state index contributed by atoms with van der Waals surface area (Å²) in [4.78, 5) is 23.6. The number of ether oxygens (including phenoxy) is 1. The first-order chi connectivity index (χ1) is 14.7. The molecule has 2 atom stereocenters. The summed E-state index contributed by atoms with van der Waals surface area (Å²) in [6.07, 6.45) is 0.490. The summed E-state index contributed by atoms with van der Waals surface area (Å²) in [7, 11) is 0. The van der Waals surface area contributed by atoms with Crippen molar-refractivity contribution in [1.82, 2.24) is 4.57 Å². The molecule has 2 aromatic carbocycles. The van der Waals surface area contributed by atoms with E-state index in [9.17, 15) is 25.3 Å². The zero-order valence-corrected chi connectivity index (χ0v) is 16.9. The maximum atomic E-state index is 13.1. The number of aliphatic hydroxyl groups excluding tert-OH is 1. The van der Waals surface area contributed by atoms with Gasteiger partial charge >= 0.3 is 0 Å². The first-order valence-electron chi connectivity index (χ1n) is 9.59. The molecular formula is C23H19N3O5. The van der Waals surface area contributed by atoms with Crippen LogP contribution in [0.2, 0.25) is 0 Å². The van der Waals surface area contributed by atoms with E-state index in [1.165, 1.54) is 22.8 Å². The number of hydrogen-bond donors (Lipinski definition) is 1. The molecule has 0 saturated heterocycles. The smallest absolute Gasteiger partial charge is 0.270 e. The summed E-state index contributed by atoms with van der Waals surface area (Å²) in [5.74, 6) is 0.494. The number of nitrogens with zero attached hydrogens (tertiary/aromatic N) is 3. The van der Waals surface area contributed by atoms with Crippen molar-refractivity contribution >= 4 is 5.69 Å². The monoisotopic (exact) mass is 417 g/mol. The Labute approximate surface area is 177 Å². The van der Waals surface area contributed by atoms with Gasteiger partial charge < -0.3 is 14.4 Å². The van der Waals surface area contributed by atoms with Crippen LogP contribution in [0.25, 0.3) is 11.1 Å². The highest BCUT2D eigenvalue weighted by molar-refractivity contribution is 5.65. The number of nitro groups is 1. The normalized spacial score (nSPS) is 19.0. The lowest BCUT2D eigenvalue weighted by Gasteiger charge is -2.42. The molecule has 0 radical (unpaired) electrons. The number of nitriles is 1. The molecule has 0 spiro atoms. The predicted octanol–water partition coefficient (Wildman–Crippen LogP) is 3.42.